The van der Waals surface area contributed by atoms with Crippen LogP contribution in [0.1, 0.15) is 11.7 Å². The number of nitrogens with zero attached hydrogens (tertiary/aromatic N) is 3. The third kappa shape index (κ3) is 2.91. The van der Waals surface area contributed by atoms with Crippen LogP contribution in [-0.2, 0) is 4.84 Å². The van der Waals surface area contributed by atoms with Crippen LogP contribution in [0.2, 0.25) is 0 Å². The number of halogens is 1. The highest BCUT2D eigenvalue weighted by atomic mass is 35.5. The van der Waals surface area contributed by atoms with Gasteiger partial charge in [-0.05, 0) is 12.1 Å². The molecule has 21 heavy (non-hydrogen) atoms. The number of fused-ring (bicyclic) bond motifs is 1. The first-order valence-electron chi connectivity index (χ1n) is 6.43. The van der Waals surface area contributed by atoms with Gasteiger partial charge in [0.05, 0.1) is 25.8 Å². The van der Waals surface area contributed by atoms with E-state index >= 15 is 0 Å². The van der Waals surface area contributed by atoms with Crippen molar-refractivity contribution in [3.05, 3.63) is 23.8 Å². The second-order valence-electron chi connectivity index (χ2n) is 4.59. The Bertz CT molecular complexity index is 537. The maximum Gasteiger partial charge on any atom is 0.228 e. The van der Waals surface area contributed by atoms with Gasteiger partial charge < -0.3 is 15.4 Å². The van der Waals surface area contributed by atoms with Gasteiger partial charge in [0, 0.05) is 23.9 Å². The minimum Gasteiger partial charge on any atom is -0.497 e. The topological polar surface area (TPSA) is 63.3 Å². The Labute approximate surface area is 134 Å². The number of aliphatic imine (C=N–C) groups is 1. The van der Waals surface area contributed by atoms with Gasteiger partial charge in [0.1, 0.15) is 11.9 Å². The molecule has 8 heteroatoms. The Morgan fingerprint density at radius 2 is 2.19 bits per heavy atom. The molecule has 2 heterocycles. The van der Waals surface area contributed by atoms with Gasteiger partial charge in [0.2, 0.25) is 5.96 Å². The standard InChI is InChI=1S/C13H18N4O2S.ClH/c1-18-9-3-4-10-11(7-9)15-13(16-5-6-20-8-16)17(19-2)12(10)14;/h3-4,7,12H,5-6,8,14H2,1-2H3;1H. The predicted molar refractivity (Wildman–Crippen MR) is 87.1 cm³/mol. The van der Waals surface area contributed by atoms with E-state index in [0.717, 1.165) is 41.1 Å². The molecule has 1 atom stereocenters. The number of hydroxylamine groups is 2. The van der Waals surface area contributed by atoms with E-state index in [2.05, 4.69) is 4.90 Å². The first-order valence-corrected chi connectivity index (χ1v) is 7.58. The lowest BCUT2D eigenvalue weighted by Gasteiger charge is -2.36. The van der Waals surface area contributed by atoms with Crippen LogP contribution in [0.5, 0.6) is 5.75 Å². The molecular formula is C13H19ClN4O2S. The zero-order valence-electron chi connectivity index (χ0n) is 12.0. The Morgan fingerprint density at radius 3 is 2.81 bits per heavy atom. The largest absolute Gasteiger partial charge is 0.497 e. The molecule has 0 saturated carbocycles. The maximum absolute atomic E-state index is 6.30. The number of methoxy groups -OCH3 is 1. The zero-order valence-corrected chi connectivity index (χ0v) is 13.6. The highest BCUT2D eigenvalue weighted by molar-refractivity contribution is 7.99. The van der Waals surface area contributed by atoms with Crippen molar-refractivity contribution in [3.8, 4) is 5.75 Å². The summed E-state index contributed by atoms with van der Waals surface area (Å²) in [6.45, 7) is 0.954. The smallest absolute Gasteiger partial charge is 0.228 e. The van der Waals surface area contributed by atoms with Gasteiger partial charge in [-0.15, -0.1) is 24.2 Å². The Hall–Kier alpha value is -1.15. The summed E-state index contributed by atoms with van der Waals surface area (Å²) in [5, 5.41) is 1.67. The van der Waals surface area contributed by atoms with Crippen LogP contribution in [-0.4, -0.2) is 48.3 Å². The fourth-order valence-corrected chi connectivity index (χ4v) is 3.33. The number of benzene rings is 1. The van der Waals surface area contributed by atoms with Crippen molar-refractivity contribution in [2.45, 2.75) is 6.17 Å². The van der Waals surface area contributed by atoms with Crippen LogP contribution >= 0.6 is 24.2 Å². The van der Waals surface area contributed by atoms with Crippen LogP contribution in [0, 0.1) is 0 Å². The van der Waals surface area contributed by atoms with E-state index in [0.29, 0.717) is 0 Å². The van der Waals surface area contributed by atoms with E-state index in [1.807, 2.05) is 30.0 Å². The van der Waals surface area contributed by atoms with Crippen molar-refractivity contribution in [1.82, 2.24) is 9.96 Å². The third-order valence-electron chi connectivity index (χ3n) is 3.46. The number of rotatable bonds is 2. The van der Waals surface area contributed by atoms with E-state index in [-0.39, 0.29) is 18.6 Å². The second-order valence-corrected chi connectivity index (χ2v) is 5.67. The lowest BCUT2D eigenvalue weighted by atomic mass is 10.1. The highest BCUT2D eigenvalue weighted by Gasteiger charge is 2.32. The minimum atomic E-state index is -0.362. The van der Waals surface area contributed by atoms with Gasteiger partial charge in [-0.25, -0.2) is 4.99 Å². The van der Waals surface area contributed by atoms with Gasteiger partial charge in [-0.2, -0.15) is 5.06 Å². The van der Waals surface area contributed by atoms with Gasteiger partial charge in [-0.1, -0.05) is 0 Å². The summed E-state index contributed by atoms with van der Waals surface area (Å²) in [6, 6.07) is 5.73. The van der Waals surface area contributed by atoms with Crippen molar-refractivity contribution < 1.29 is 9.57 Å². The molecule has 1 unspecified atom stereocenters. The summed E-state index contributed by atoms with van der Waals surface area (Å²) >= 11 is 1.88. The summed E-state index contributed by atoms with van der Waals surface area (Å²) in [5.41, 5.74) is 8.07. The molecule has 1 aromatic carbocycles. The lowest BCUT2D eigenvalue weighted by Crippen LogP contribution is -2.48. The molecule has 2 aliphatic heterocycles. The van der Waals surface area contributed by atoms with E-state index in [1.165, 1.54) is 0 Å². The van der Waals surface area contributed by atoms with E-state index in [9.17, 15) is 0 Å². The normalized spacial score (nSPS) is 20.7. The summed E-state index contributed by atoms with van der Waals surface area (Å²) < 4.78 is 5.26. The Morgan fingerprint density at radius 1 is 1.38 bits per heavy atom. The molecule has 1 aromatic rings. The highest BCUT2D eigenvalue weighted by Crippen LogP contribution is 2.36. The number of ether oxygens (including phenoxy) is 1. The molecule has 1 fully saturated rings. The zero-order chi connectivity index (χ0) is 14.1. The molecule has 1 saturated heterocycles. The van der Waals surface area contributed by atoms with Crippen LogP contribution in [0.4, 0.5) is 5.69 Å². The van der Waals surface area contributed by atoms with Crippen LogP contribution < -0.4 is 10.5 Å². The quantitative estimate of drug-likeness (QED) is 0.894. The molecule has 3 rings (SSSR count). The van der Waals surface area contributed by atoms with Gasteiger partial charge in [0.25, 0.3) is 0 Å². The molecule has 2 aliphatic rings. The first-order chi connectivity index (χ1) is 9.74. The molecule has 0 amide bonds. The lowest BCUT2D eigenvalue weighted by molar-refractivity contribution is -0.107. The SMILES string of the molecule is COc1ccc2c(c1)N=C(N1CCSC1)N(OC)C2N.Cl. The average molecular weight is 331 g/mol. The second kappa shape index (κ2) is 6.74. The third-order valence-corrected chi connectivity index (χ3v) is 4.42. The molecule has 0 bridgehead atoms. The van der Waals surface area contributed by atoms with Crippen molar-refractivity contribution in [1.29, 1.82) is 0 Å². The van der Waals surface area contributed by atoms with Gasteiger partial charge in [0.15, 0.2) is 0 Å². The van der Waals surface area contributed by atoms with Crippen LogP contribution in [0.15, 0.2) is 23.2 Å². The number of nitrogens with two attached hydrogens (primary N) is 1. The van der Waals surface area contributed by atoms with Gasteiger partial charge in [-0.3, -0.25) is 4.84 Å². The van der Waals surface area contributed by atoms with E-state index < -0.39 is 0 Å². The molecular weight excluding hydrogens is 312 g/mol. The van der Waals surface area contributed by atoms with Crippen molar-refractivity contribution in [2.24, 2.45) is 10.7 Å². The molecule has 0 spiro atoms. The number of hydrogen-bond acceptors (Lipinski definition) is 7. The molecule has 2 N–H and O–H groups in total. The van der Waals surface area contributed by atoms with E-state index in [1.54, 1.807) is 19.3 Å². The summed E-state index contributed by atoms with van der Waals surface area (Å²) in [6.07, 6.45) is -0.362. The molecule has 116 valence electrons. The maximum atomic E-state index is 6.30. The fourth-order valence-electron chi connectivity index (χ4n) is 2.38. The summed E-state index contributed by atoms with van der Waals surface area (Å²) in [4.78, 5) is 12.3. The molecule has 0 aromatic heterocycles. The summed E-state index contributed by atoms with van der Waals surface area (Å²) in [5.74, 6) is 3.55. The summed E-state index contributed by atoms with van der Waals surface area (Å²) in [7, 11) is 3.26. The van der Waals surface area contributed by atoms with E-state index in [4.69, 9.17) is 20.3 Å². The molecule has 0 radical (unpaired) electrons. The first kappa shape index (κ1) is 16.2. The number of guanidine groups is 1. The van der Waals surface area contributed by atoms with Crippen LogP contribution in [0.25, 0.3) is 0 Å². The minimum absolute atomic E-state index is 0. The Kier molecular flexibility index (Phi) is 5.21. The monoisotopic (exact) mass is 330 g/mol. The molecule has 0 aliphatic carbocycles. The molecule has 6 nitrogen and oxygen atoms in total. The van der Waals surface area contributed by atoms with Crippen molar-refractivity contribution >= 4 is 35.8 Å². The Balaban J connectivity index is 0.00000161. The van der Waals surface area contributed by atoms with Crippen molar-refractivity contribution in [3.63, 3.8) is 0 Å². The number of thioether (sulfide) groups is 1. The van der Waals surface area contributed by atoms with Gasteiger partial charge >= 0.3 is 0 Å². The van der Waals surface area contributed by atoms with Crippen molar-refractivity contribution in [2.75, 3.05) is 32.4 Å². The average Bonchev–Trinajstić information content (AvgIpc) is 3.00. The van der Waals surface area contributed by atoms with Crippen LogP contribution in [0.3, 0.4) is 0 Å². The fraction of sp³-hybridized carbons (Fsp3) is 0.462. The predicted octanol–water partition coefficient (Wildman–Crippen LogP) is 1.95. The number of hydrogen-bond donors (Lipinski definition) is 1.